The summed E-state index contributed by atoms with van der Waals surface area (Å²) in [7, 11) is 0. The number of rotatable bonds is 4. The number of hydrogen-bond acceptors (Lipinski definition) is 7. The first-order chi connectivity index (χ1) is 19.6. The van der Waals surface area contributed by atoms with E-state index in [0.29, 0.717) is 17.5 Å². The molecule has 4 fully saturated rings. The Balaban J connectivity index is 0.910. The van der Waals surface area contributed by atoms with Gasteiger partial charge in [0.1, 0.15) is 5.75 Å². The van der Waals surface area contributed by atoms with Crippen molar-refractivity contribution >= 4 is 11.0 Å². The summed E-state index contributed by atoms with van der Waals surface area (Å²) in [6, 6.07) is 12.1. The third-order valence-electron chi connectivity index (χ3n) is 11.2. The van der Waals surface area contributed by atoms with Crippen LogP contribution in [0.25, 0.3) is 22.3 Å². The van der Waals surface area contributed by atoms with E-state index in [-0.39, 0.29) is 5.75 Å². The molecule has 3 aliphatic heterocycles. The average molecular weight is 542 g/mol. The van der Waals surface area contributed by atoms with E-state index in [1.165, 1.54) is 89.1 Å². The lowest BCUT2D eigenvalue weighted by Crippen LogP contribution is -2.67. The van der Waals surface area contributed by atoms with Gasteiger partial charge >= 0.3 is 0 Å². The highest BCUT2D eigenvalue weighted by Gasteiger charge is 2.50. The van der Waals surface area contributed by atoms with Crippen LogP contribution in [-0.2, 0) is 6.42 Å². The topological polar surface area (TPSA) is 83.5 Å². The Kier molecular flexibility index (Phi) is 6.17. The molecule has 1 spiro atoms. The van der Waals surface area contributed by atoms with Gasteiger partial charge in [-0.3, -0.25) is 14.7 Å². The molecule has 212 valence electrons. The zero-order valence-electron chi connectivity index (χ0n) is 23.8. The number of aromatic nitrogens is 3. The molecule has 2 saturated heterocycles. The minimum atomic E-state index is 0.246. The van der Waals surface area contributed by atoms with Crippen LogP contribution in [0.3, 0.4) is 0 Å². The van der Waals surface area contributed by atoms with Crippen molar-refractivity contribution in [3.63, 3.8) is 0 Å². The first-order valence-corrected chi connectivity index (χ1v) is 15.7. The minimum absolute atomic E-state index is 0.246. The molecule has 0 radical (unpaired) electrons. The van der Waals surface area contributed by atoms with Crippen LogP contribution in [0.4, 0.5) is 0 Å². The van der Waals surface area contributed by atoms with E-state index in [1.54, 1.807) is 6.07 Å². The third-order valence-corrected chi connectivity index (χ3v) is 11.2. The molecule has 5 aliphatic rings. The maximum absolute atomic E-state index is 10.4. The van der Waals surface area contributed by atoms with E-state index in [1.807, 2.05) is 18.2 Å². The highest BCUT2D eigenvalue weighted by atomic mass is 16.3. The molecule has 3 N–H and O–H groups in total. The van der Waals surface area contributed by atoms with E-state index in [0.717, 1.165) is 47.3 Å². The Morgan fingerprint density at radius 3 is 2.27 bits per heavy atom. The van der Waals surface area contributed by atoms with E-state index in [4.69, 9.17) is 0 Å². The fourth-order valence-electron chi connectivity index (χ4n) is 8.85. The number of H-pyrrole nitrogens is 1. The van der Waals surface area contributed by atoms with Crippen LogP contribution in [0.5, 0.6) is 5.75 Å². The molecule has 3 aromatic rings. The molecule has 0 bridgehead atoms. The Morgan fingerprint density at radius 2 is 1.57 bits per heavy atom. The number of phenolic OH excluding ortho intramolecular Hbond substituents is 1. The predicted molar refractivity (Wildman–Crippen MR) is 157 cm³/mol. The van der Waals surface area contributed by atoms with Gasteiger partial charge in [0.2, 0.25) is 0 Å². The largest absolute Gasteiger partial charge is 0.507 e. The first-order valence-electron chi connectivity index (χ1n) is 15.7. The van der Waals surface area contributed by atoms with Gasteiger partial charge in [-0.1, -0.05) is 12.1 Å². The maximum Gasteiger partial charge on any atom is 0.160 e. The zero-order chi connectivity index (χ0) is 26.8. The molecular formula is C32H43N7O. The number of piperazine rings is 1. The predicted octanol–water partition coefficient (Wildman–Crippen LogP) is 3.93. The summed E-state index contributed by atoms with van der Waals surface area (Å²) in [6.07, 6.45) is 9.15. The number of hydrogen-bond donors (Lipinski definition) is 3. The third kappa shape index (κ3) is 4.18. The summed E-state index contributed by atoms with van der Waals surface area (Å²) in [5, 5.41) is 24.0. The summed E-state index contributed by atoms with van der Waals surface area (Å²) in [5.41, 5.74) is 5.69. The lowest BCUT2D eigenvalue weighted by Gasteiger charge is -2.58. The highest BCUT2D eigenvalue weighted by Crippen LogP contribution is 2.47. The van der Waals surface area contributed by atoms with Gasteiger partial charge in [0.15, 0.2) is 5.65 Å². The highest BCUT2D eigenvalue weighted by molar-refractivity contribution is 5.86. The van der Waals surface area contributed by atoms with Crippen molar-refractivity contribution in [2.75, 3.05) is 45.8 Å². The van der Waals surface area contributed by atoms with Crippen LogP contribution in [0, 0.1) is 5.41 Å². The number of phenols is 1. The van der Waals surface area contributed by atoms with Crippen LogP contribution in [-0.4, -0.2) is 98.9 Å². The van der Waals surface area contributed by atoms with Crippen LogP contribution in [0.2, 0.25) is 0 Å². The van der Waals surface area contributed by atoms with Crippen molar-refractivity contribution in [1.82, 2.24) is 35.2 Å². The average Bonchev–Trinajstić information content (AvgIpc) is 3.31. The van der Waals surface area contributed by atoms with Crippen LogP contribution in [0.15, 0.2) is 30.3 Å². The Labute approximate surface area is 237 Å². The number of nitrogens with one attached hydrogen (secondary N) is 2. The summed E-state index contributed by atoms with van der Waals surface area (Å²) in [6.45, 7) is 11.1. The van der Waals surface area contributed by atoms with Gasteiger partial charge in [-0.2, -0.15) is 0 Å². The lowest BCUT2D eigenvalue weighted by molar-refractivity contribution is -0.0569. The first kappa shape index (κ1) is 25.2. The molecule has 2 saturated carbocycles. The summed E-state index contributed by atoms with van der Waals surface area (Å²) >= 11 is 0. The van der Waals surface area contributed by atoms with Crippen molar-refractivity contribution < 1.29 is 5.11 Å². The van der Waals surface area contributed by atoms with Crippen molar-refractivity contribution in [2.24, 2.45) is 5.41 Å². The SMILES string of the molecule is C[C@@H]1c2c([nH]c3nnc(-c4ccccc4O)cc23)CCN1C1CCC(N2CCN(C3CC4(CNC4)C3)CC2)CC1. The van der Waals surface area contributed by atoms with Crippen LogP contribution < -0.4 is 5.32 Å². The monoisotopic (exact) mass is 541 g/mol. The van der Waals surface area contributed by atoms with Gasteiger partial charge in [0.05, 0.1) is 5.69 Å². The van der Waals surface area contributed by atoms with Crippen molar-refractivity contribution in [3.05, 3.63) is 41.6 Å². The number of para-hydroxylation sites is 1. The summed E-state index contributed by atoms with van der Waals surface area (Å²) < 4.78 is 0. The molecule has 2 aliphatic carbocycles. The zero-order valence-corrected chi connectivity index (χ0v) is 23.8. The number of fused-ring (bicyclic) bond motifs is 3. The second-order valence-corrected chi connectivity index (χ2v) is 13.4. The fourth-order valence-corrected chi connectivity index (χ4v) is 8.85. The number of aromatic amines is 1. The normalized spacial score (nSPS) is 29.8. The van der Waals surface area contributed by atoms with Gasteiger partial charge in [0.25, 0.3) is 0 Å². The molecular weight excluding hydrogens is 498 g/mol. The number of nitrogens with zero attached hydrogens (tertiary/aromatic N) is 5. The molecule has 40 heavy (non-hydrogen) atoms. The van der Waals surface area contributed by atoms with Crippen molar-refractivity contribution in [1.29, 1.82) is 0 Å². The Morgan fingerprint density at radius 1 is 0.875 bits per heavy atom. The van der Waals surface area contributed by atoms with Gasteiger partial charge in [-0.15, -0.1) is 10.2 Å². The number of aromatic hydroxyl groups is 1. The molecule has 0 unspecified atom stereocenters. The molecule has 2 aromatic heterocycles. The van der Waals surface area contributed by atoms with E-state index < -0.39 is 0 Å². The Hall–Kier alpha value is -2.52. The lowest BCUT2D eigenvalue weighted by atomic mass is 9.61. The van der Waals surface area contributed by atoms with Crippen molar-refractivity contribution in [3.8, 4) is 17.0 Å². The van der Waals surface area contributed by atoms with E-state index in [2.05, 4.69) is 48.2 Å². The van der Waals surface area contributed by atoms with E-state index in [9.17, 15) is 5.11 Å². The van der Waals surface area contributed by atoms with Gasteiger partial charge in [-0.05, 0) is 74.6 Å². The molecule has 1 atom stereocenters. The Bertz CT molecular complexity index is 1380. The minimum Gasteiger partial charge on any atom is -0.507 e. The van der Waals surface area contributed by atoms with E-state index >= 15 is 0 Å². The van der Waals surface area contributed by atoms with Gasteiger partial charge in [0, 0.05) is 93.0 Å². The maximum atomic E-state index is 10.4. The summed E-state index contributed by atoms with van der Waals surface area (Å²) in [4.78, 5) is 12.0. The molecule has 8 heteroatoms. The fraction of sp³-hybridized carbons (Fsp3) is 0.625. The standard InChI is InChI=1S/C32H43N7O/c1-21-30-26-16-28(25-4-2-3-5-29(25)40)35-36-31(26)34-27(30)10-11-39(21)23-8-6-22(7-9-23)37-12-14-38(15-13-37)24-17-32(18-24)19-33-20-32/h2-5,16,21-24,33,40H,6-15,17-20H2,1H3,(H,34,36)/t21-,22?,23?/m1/s1. The molecule has 0 amide bonds. The van der Waals surface area contributed by atoms with Crippen LogP contribution in [0.1, 0.15) is 62.7 Å². The van der Waals surface area contributed by atoms with Crippen LogP contribution >= 0.6 is 0 Å². The molecule has 1 aromatic carbocycles. The smallest absolute Gasteiger partial charge is 0.160 e. The van der Waals surface area contributed by atoms with Crippen molar-refractivity contribution in [2.45, 2.75) is 76.0 Å². The second-order valence-electron chi connectivity index (χ2n) is 13.4. The van der Waals surface area contributed by atoms with Gasteiger partial charge in [-0.25, -0.2) is 0 Å². The molecule has 5 heterocycles. The molecule has 8 rings (SSSR count). The molecule has 8 nitrogen and oxygen atoms in total. The summed E-state index contributed by atoms with van der Waals surface area (Å²) in [5.74, 6) is 0.246. The van der Waals surface area contributed by atoms with Gasteiger partial charge < -0.3 is 15.4 Å². The quantitative estimate of drug-likeness (QED) is 0.462. The number of benzene rings is 1. The second kappa shape index (κ2) is 9.79.